The molecule has 1 fully saturated rings. The van der Waals surface area contributed by atoms with Gasteiger partial charge < -0.3 is 14.7 Å². The lowest BCUT2D eigenvalue weighted by Crippen LogP contribution is -2.48. The van der Waals surface area contributed by atoms with Gasteiger partial charge in [-0.3, -0.25) is 4.79 Å². The molecule has 1 N–H and O–H groups in total. The molecule has 0 spiro atoms. The quantitative estimate of drug-likeness (QED) is 0.914. The van der Waals surface area contributed by atoms with Crippen molar-refractivity contribution in [3.8, 4) is 0 Å². The summed E-state index contributed by atoms with van der Waals surface area (Å²) in [6.45, 7) is 4.97. The van der Waals surface area contributed by atoms with E-state index < -0.39 is 12.1 Å². The van der Waals surface area contributed by atoms with Gasteiger partial charge in [-0.2, -0.15) is 0 Å². The van der Waals surface area contributed by atoms with Crippen molar-refractivity contribution in [2.45, 2.75) is 32.8 Å². The average Bonchev–Trinajstić information content (AvgIpc) is 2.44. The number of ether oxygens (including phenoxy) is 1. The van der Waals surface area contributed by atoms with Crippen molar-refractivity contribution >= 4 is 11.9 Å². The highest BCUT2D eigenvalue weighted by molar-refractivity contribution is 5.78. The maximum absolute atomic E-state index is 12.2. The molecule has 5 heteroatoms. The van der Waals surface area contributed by atoms with Crippen LogP contribution in [0.5, 0.6) is 0 Å². The van der Waals surface area contributed by atoms with E-state index in [4.69, 9.17) is 9.84 Å². The van der Waals surface area contributed by atoms with Crippen LogP contribution >= 0.6 is 0 Å². The van der Waals surface area contributed by atoms with Gasteiger partial charge in [0.1, 0.15) is 0 Å². The van der Waals surface area contributed by atoms with Crippen molar-refractivity contribution in [3.63, 3.8) is 0 Å². The highest BCUT2D eigenvalue weighted by Gasteiger charge is 2.28. The van der Waals surface area contributed by atoms with Crippen molar-refractivity contribution in [3.05, 3.63) is 34.9 Å². The minimum absolute atomic E-state index is 0.0105. The average molecular weight is 291 g/mol. The van der Waals surface area contributed by atoms with Crippen LogP contribution in [-0.2, 0) is 20.7 Å². The molecule has 1 amide bonds. The third kappa shape index (κ3) is 4.29. The minimum atomic E-state index is -1.01. The lowest BCUT2D eigenvalue weighted by atomic mass is 10.0. The molecular formula is C16H21NO4. The fourth-order valence-electron chi connectivity index (χ4n) is 2.65. The molecule has 1 unspecified atom stereocenters. The summed E-state index contributed by atoms with van der Waals surface area (Å²) in [6, 6.07) is 6.27. The molecule has 1 aliphatic rings. The maximum atomic E-state index is 12.2. The molecular weight excluding hydrogens is 270 g/mol. The topological polar surface area (TPSA) is 66.8 Å². The number of carbonyl (C=O) groups is 2. The second-order valence-corrected chi connectivity index (χ2v) is 5.53. The van der Waals surface area contributed by atoms with Crippen molar-refractivity contribution in [2.75, 3.05) is 19.7 Å². The maximum Gasteiger partial charge on any atom is 0.334 e. The Hall–Kier alpha value is -1.88. The van der Waals surface area contributed by atoms with Crippen LogP contribution in [0.1, 0.15) is 23.1 Å². The number of carboxylic acids is 1. The number of rotatable bonds is 4. The molecule has 1 aliphatic heterocycles. The molecule has 1 saturated heterocycles. The Labute approximate surface area is 124 Å². The summed E-state index contributed by atoms with van der Waals surface area (Å²) in [5.74, 6) is -1.02. The predicted molar refractivity (Wildman–Crippen MR) is 78.2 cm³/mol. The fraction of sp³-hybridized carbons (Fsp3) is 0.500. The van der Waals surface area contributed by atoms with Gasteiger partial charge in [0.2, 0.25) is 5.91 Å². The summed E-state index contributed by atoms with van der Waals surface area (Å²) in [4.78, 5) is 24.7. The SMILES string of the molecule is Cc1cc(C)cc(CCC(=O)N2CCOC(C(=O)O)C2)c1. The first kappa shape index (κ1) is 15.5. The number of nitrogens with zero attached hydrogens (tertiary/aromatic N) is 1. The molecule has 5 nitrogen and oxygen atoms in total. The van der Waals surface area contributed by atoms with E-state index in [2.05, 4.69) is 18.2 Å². The highest BCUT2D eigenvalue weighted by atomic mass is 16.5. The molecule has 0 radical (unpaired) electrons. The van der Waals surface area contributed by atoms with E-state index in [0.29, 0.717) is 19.4 Å². The summed E-state index contributed by atoms with van der Waals surface area (Å²) < 4.78 is 5.12. The van der Waals surface area contributed by atoms with Crippen LogP contribution in [0.4, 0.5) is 0 Å². The Balaban J connectivity index is 1.90. The third-order valence-electron chi connectivity index (χ3n) is 3.60. The number of morpholine rings is 1. The number of aliphatic carboxylic acids is 1. The summed E-state index contributed by atoms with van der Waals surface area (Å²) in [6.07, 6.45) is 0.176. The van der Waals surface area contributed by atoms with Gasteiger partial charge in [-0.15, -0.1) is 0 Å². The van der Waals surface area contributed by atoms with Gasteiger partial charge in [0.05, 0.1) is 13.2 Å². The number of hydrogen-bond donors (Lipinski definition) is 1. The van der Waals surface area contributed by atoms with Gasteiger partial charge in [-0.25, -0.2) is 4.79 Å². The van der Waals surface area contributed by atoms with E-state index in [1.165, 1.54) is 11.1 Å². The van der Waals surface area contributed by atoms with Gasteiger partial charge >= 0.3 is 5.97 Å². The van der Waals surface area contributed by atoms with Crippen LogP contribution < -0.4 is 0 Å². The summed E-state index contributed by atoms with van der Waals surface area (Å²) in [5.41, 5.74) is 3.52. The molecule has 1 heterocycles. The van der Waals surface area contributed by atoms with E-state index >= 15 is 0 Å². The second-order valence-electron chi connectivity index (χ2n) is 5.53. The summed E-state index contributed by atoms with van der Waals surface area (Å²) in [7, 11) is 0. The lowest BCUT2D eigenvalue weighted by molar-refractivity contribution is -0.159. The molecule has 0 aromatic heterocycles. The van der Waals surface area contributed by atoms with Crippen LogP contribution in [-0.4, -0.2) is 47.7 Å². The third-order valence-corrected chi connectivity index (χ3v) is 3.60. The molecule has 114 valence electrons. The van der Waals surface area contributed by atoms with Gasteiger partial charge in [0.25, 0.3) is 0 Å². The Bertz CT molecular complexity index is 521. The minimum Gasteiger partial charge on any atom is -0.479 e. The summed E-state index contributed by atoms with van der Waals surface area (Å²) >= 11 is 0. The number of hydrogen-bond acceptors (Lipinski definition) is 3. The zero-order chi connectivity index (χ0) is 15.4. The molecule has 21 heavy (non-hydrogen) atoms. The number of benzene rings is 1. The van der Waals surface area contributed by atoms with Gasteiger partial charge in [-0.1, -0.05) is 29.3 Å². The van der Waals surface area contributed by atoms with Crippen LogP contribution in [0.2, 0.25) is 0 Å². The van der Waals surface area contributed by atoms with Crippen molar-refractivity contribution in [1.29, 1.82) is 0 Å². The highest BCUT2D eigenvalue weighted by Crippen LogP contribution is 2.13. The van der Waals surface area contributed by atoms with Crippen LogP contribution in [0.15, 0.2) is 18.2 Å². The first-order valence-electron chi connectivity index (χ1n) is 7.15. The Morgan fingerprint density at radius 3 is 2.57 bits per heavy atom. The van der Waals surface area contributed by atoms with Crippen molar-refractivity contribution in [1.82, 2.24) is 4.90 Å². The van der Waals surface area contributed by atoms with Crippen LogP contribution in [0.3, 0.4) is 0 Å². The predicted octanol–water partition coefficient (Wildman–Crippen LogP) is 1.55. The van der Waals surface area contributed by atoms with Crippen LogP contribution in [0, 0.1) is 13.8 Å². The first-order valence-corrected chi connectivity index (χ1v) is 7.15. The smallest absolute Gasteiger partial charge is 0.334 e. The first-order chi connectivity index (χ1) is 9.95. The molecule has 0 saturated carbocycles. The van der Waals surface area contributed by atoms with Crippen LogP contribution in [0.25, 0.3) is 0 Å². The molecule has 0 aliphatic carbocycles. The van der Waals surface area contributed by atoms with Crippen molar-refractivity contribution < 1.29 is 19.4 Å². The molecule has 2 rings (SSSR count). The van der Waals surface area contributed by atoms with Gasteiger partial charge in [-0.05, 0) is 25.8 Å². The van der Waals surface area contributed by atoms with E-state index in [0.717, 1.165) is 5.56 Å². The monoisotopic (exact) mass is 291 g/mol. The van der Waals surface area contributed by atoms with E-state index in [-0.39, 0.29) is 19.1 Å². The second kappa shape index (κ2) is 6.72. The Kier molecular flexibility index (Phi) is 4.96. The number of carbonyl (C=O) groups excluding carboxylic acids is 1. The Morgan fingerprint density at radius 2 is 1.95 bits per heavy atom. The lowest BCUT2D eigenvalue weighted by Gasteiger charge is -2.31. The largest absolute Gasteiger partial charge is 0.479 e. The normalized spacial score (nSPS) is 18.6. The molecule has 1 aromatic rings. The zero-order valence-corrected chi connectivity index (χ0v) is 12.5. The molecule has 1 aromatic carbocycles. The molecule has 0 bridgehead atoms. The molecule has 1 atom stereocenters. The Morgan fingerprint density at radius 1 is 1.29 bits per heavy atom. The summed E-state index contributed by atoms with van der Waals surface area (Å²) in [5, 5.41) is 8.94. The zero-order valence-electron chi connectivity index (χ0n) is 12.5. The van der Waals surface area contributed by atoms with E-state index in [1.807, 2.05) is 13.8 Å². The number of aryl methyl sites for hydroxylation is 3. The standard InChI is InChI=1S/C16H21NO4/c1-11-7-12(2)9-13(8-11)3-4-15(18)17-5-6-21-14(10-17)16(19)20/h7-9,14H,3-6,10H2,1-2H3,(H,19,20). The number of carboxylic acid groups (broad SMARTS) is 1. The van der Waals surface area contributed by atoms with Crippen molar-refractivity contribution in [2.24, 2.45) is 0 Å². The fourth-order valence-corrected chi connectivity index (χ4v) is 2.65. The van der Waals surface area contributed by atoms with E-state index in [1.54, 1.807) is 4.90 Å². The van der Waals surface area contributed by atoms with Gasteiger partial charge in [0, 0.05) is 13.0 Å². The van der Waals surface area contributed by atoms with E-state index in [9.17, 15) is 9.59 Å². The van der Waals surface area contributed by atoms with Gasteiger partial charge in [0.15, 0.2) is 6.10 Å². The number of amides is 1.